The van der Waals surface area contributed by atoms with Crippen LogP contribution in [0.1, 0.15) is 5.56 Å². The number of benzene rings is 2. The standard InChI is InChI=1S/C21H24O2Si/c1-17(16-24(3,4)20-8-6-5-7-9-20)21(22)15-12-18-10-13-19(23-2)14-11-18/h5-15H,1,16H2,2-4H3/b15-12+. The van der Waals surface area contributed by atoms with Gasteiger partial charge in [0.25, 0.3) is 0 Å². The number of hydrogen-bond donors (Lipinski definition) is 0. The number of allylic oxidation sites excluding steroid dienone is 2. The third-order valence-electron chi connectivity index (χ3n) is 4.10. The number of rotatable bonds is 7. The number of carbonyl (C=O) groups excluding carboxylic acids is 1. The van der Waals surface area contributed by atoms with E-state index in [4.69, 9.17) is 4.74 Å². The van der Waals surface area contributed by atoms with Crippen LogP contribution in [-0.2, 0) is 4.79 Å². The van der Waals surface area contributed by atoms with Crippen LogP contribution in [0.4, 0.5) is 0 Å². The van der Waals surface area contributed by atoms with E-state index in [1.54, 1.807) is 13.2 Å². The lowest BCUT2D eigenvalue weighted by Crippen LogP contribution is -2.41. The number of ether oxygens (including phenoxy) is 1. The fraction of sp³-hybridized carbons (Fsp3) is 0.190. The molecule has 0 atom stereocenters. The van der Waals surface area contributed by atoms with Gasteiger partial charge in [0, 0.05) is 0 Å². The molecule has 2 aromatic rings. The van der Waals surface area contributed by atoms with E-state index in [-0.39, 0.29) is 5.78 Å². The van der Waals surface area contributed by atoms with Gasteiger partial charge in [-0.15, -0.1) is 0 Å². The predicted molar refractivity (Wildman–Crippen MR) is 105 cm³/mol. The quantitative estimate of drug-likeness (QED) is 0.551. The van der Waals surface area contributed by atoms with Crippen molar-refractivity contribution in [1.82, 2.24) is 0 Å². The van der Waals surface area contributed by atoms with Gasteiger partial charge in [-0.25, -0.2) is 0 Å². The predicted octanol–water partition coefficient (Wildman–Crippen LogP) is 4.45. The van der Waals surface area contributed by atoms with Crippen LogP contribution in [0.3, 0.4) is 0 Å². The van der Waals surface area contributed by atoms with Gasteiger partial charge in [-0.2, -0.15) is 0 Å². The summed E-state index contributed by atoms with van der Waals surface area (Å²) in [6.45, 7) is 8.56. The maximum absolute atomic E-state index is 12.4. The van der Waals surface area contributed by atoms with Gasteiger partial charge in [-0.05, 0) is 35.4 Å². The van der Waals surface area contributed by atoms with Crippen molar-refractivity contribution >= 4 is 25.1 Å². The second-order valence-electron chi connectivity index (χ2n) is 6.50. The minimum Gasteiger partial charge on any atom is -0.497 e. The van der Waals surface area contributed by atoms with Gasteiger partial charge in [0.05, 0.1) is 15.2 Å². The third kappa shape index (κ3) is 4.80. The lowest BCUT2D eigenvalue weighted by molar-refractivity contribution is -0.111. The zero-order valence-electron chi connectivity index (χ0n) is 14.6. The summed E-state index contributed by atoms with van der Waals surface area (Å²) in [6, 6.07) is 18.8. The van der Waals surface area contributed by atoms with Crippen molar-refractivity contribution in [2.24, 2.45) is 0 Å². The average molecular weight is 337 g/mol. The molecule has 0 fully saturated rings. The van der Waals surface area contributed by atoms with Gasteiger partial charge in [0.15, 0.2) is 5.78 Å². The summed E-state index contributed by atoms with van der Waals surface area (Å²) in [5.41, 5.74) is 1.65. The van der Waals surface area contributed by atoms with Crippen molar-refractivity contribution in [3.63, 3.8) is 0 Å². The first-order valence-corrected chi connectivity index (χ1v) is 11.2. The van der Waals surface area contributed by atoms with Crippen LogP contribution in [-0.4, -0.2) is 21.0 Å². The largest absolute Gasteiger partial charge is 0.497 e. The molecule has 3 heteroatoms. The molecule has 0 aliphatic heterocycles. The first-order chi connectivity index (χ1) is 11.4. The summed E-state index contributed by atoms with van der Waals surface area (Å²) in [7, 11) is -0.0611. The van der Waals surface area contributed by atoms with Crippen LogP contribution in [0.5, 0.6) is 5.75 Å². The van der Waals surface area contributed by atoms with E-state index >= 15 is 0 Å². The minimum atomic E-state index is -1.70. The summed E-state index contributed by atoms with van der Waals surface area (Å²) in [4.78, 5) is 12.4. The molecule has 0 N–H and O–H groups in total. The summed E-state index contributed by atoms with van der Waals surface area (Å²) < 4.78 is 5.13. The van der Waals surface area contributed by atoms with Crippen LogP contribution >= 0.6 is 0 Å². The molecule has 2 nitrogen and oxygen atoms in total. The molecule has 124 valence electrons. The number of carbonyl (C=O) groups is 1. The van der Waals surface area contributed by atoms with Crippen LogP contribution in [0, 0.1) is 0 Å². The Morgan fingerprint density at radius 3 is 2.29 bits per heavy atom. The molecule has 0 radical (unpaired) electrons. The molecule has 0 saturated heterocycles. The van der Waals surface area contributed by atoms with E-state index < -0.39 is 8.07 Å². The SMILES string of the molecule is C=C(C[Si](C)(C)c1ccccc1)C(=O)/C=C/c1ccc(OC)cc1. The average Bonchev–Trinajstić information content (AvgIpc) is 2.60. The Labute approximate surface area is 145 Å². The van der Waals surface area contributed by atoms with E-state index in [9.17, 15) is 4.79 Å². The van der Waals surface area contributed by atoms with Gasteiger partial charge in [0.2, 0.25) is 0 Å². The Bertz CT molecular complexity index is 728. The monoisotopic (exact) mass is 336 g/mol. The van der Waals surface area contributed by atoms with Gasteiger partial charge in [-0.1, -0.05) is 73.4 Å². The molecule has 0 bridgehead atoms. The highest BCUT2D eigenvalue weighted by Crippen LogP contribution is 2.18. The topological polar surface area (TPSA) is 26.3 Å². The minimum absolute atomic E-state index is 0.00215. The van der Waals surface area contributed by atoms with Crippen LogP contribution in [0.25, 0.3) is 6.08 Å². The normalized spacial score (nSPS) is 11.5. The van der Waals surface area contributed by atoms with E-state index in [0.717, 1.165) is 17.4 Å². The Balaban J connectivity index is 2.01. The number of ketones is 1. The Morgan fingerprint density at radius 1 is 1.08 bits per heavy atom. The summed E-state index contributed by atoms with van der Waals surface area (Å²) in [5, 5.41) is 1.35. The Hall–Kier alpha value is -2.39. The fourth-order valence-electron chi connectivity index (χ4n) is 2.62. The molecule has 0 unspecified atom stereocenters. The molecule has 0 heterocycles. The molecule has 2 rings (SSSR count). The second kappa shape index (κ2) is 7.93. The fourth-order valence-corrected chi connectivity index (χ4v) is 5.16. The van der Waals surface area contributed by atoms with Gasteiger partial charge in [0.1, 0.15) is 5.75 Å². The van der Waals surface area contributed by atoms with Crippen molar-refractivity contribution in [1.29, 1.82) is 0 Å². The maximum Gasteiger partial charge on any atom is 0.180 e. The van der Waals surface area contributed by atoms with E-state index in [0.29, 0.717) is 5.57 Å². The summed E-state index contributed by atoms with van der Waals surface area (Å²) in [5.74, 6) is 0.806. The number of methoxy groups -OCH3 is 1. The first kappa shape index (κ1) is 18.0. The number of hydrogen-bond acceptors (Lipinski definition) is 2. The van der Waals surface area contributed by atoms with Crippen molar-refractivity contribution in [3.05, 3.63) is 78.4 Å². The molecule has 0 aliphatic rings. The van der Waals surface area contributed by atoms with Crippen LogP contribution in [0.2, 0.25) is 19.1 Å². The Kier molecular flexibility index (Phi) is 5.93. The molecule has 24 heavy (non-hydrogen) atoms. The molecule has 0 amide bonds. The molecule has 2 aromatic carbocycles. The zero-order valence-corrected chi connectivity index (χ0v) is 15.6. The van der Waals surface area contributed by atoms with Gasteiger partial charge < -0.3 is 4.74 Å². The molecular formula is C21H24O2Si. The maximum atomic E-state index is 12.4. The van der Waals surface area contributed by atoms with Crippen LogP contribution < -0.4 is 9.92 Å². The molecule has 0 saturated carbocycles. The smallest absolute Gasteiger partial charge is 0.180 e. The molecule has 0 aliphatic carbocycles. The zero-order chi connectivity index (χ0) is 17.6. The van der Waals surface area contributed by atoms with Crippen molar-refractivity contribution in [2.45, 2.75) is 19.1 Å². The highest BCUT2D eigenvalue weighted by molar-refractivity contribution is 6.90. The third-order valence-corrected chi connectivity index (χ3v) is 7.31. The highest BCUT2D eigenvalue weighted by Gasteiger charge is 2.25. The van der Waals surface area contributed by atoms with Gasteiger partial charge >= 0.3 is 0 Å². The van der Waals surface area contributed by atoms with Crippen molar-refractivity contribution < 1.29 is 9.53 Å². The van der Waals surface area contributed by atoms with Crippen molar-refractivity contribution in [3.8, 4) is 5.75 Å². The Morgan fingerprint density at radius 2 is 1.71 bits per heavy atom. The van der Waals surface area contributed by atoms with E-state index in [2.05, 4.69) is 43.9 Å². The molecular weight excluding hydrogens is 312 g/mol. The second-order valence-corrected chi connectivity index (χ2v) is 11.2. The van der Waals surface area contributed by atoms with Crippen molar-refractivity contribution in [2.75, 3.05) is 7.11 Å². The lowest BCUT2D eigenvalue weighted by atomic mass is 10.1. The molecule has 0 aromatic heterocycles. The van der Waals surface area contributed by atoms with E-state index in [1.807, 2.05) is 36.4 Å². The summed E-state index contributed by atoms with van der Waals surface area (Å²) in [6.07, 6.45) is 3.43. The molecule has 0 spiro atoms. The van der Waals surface area contributed by atoms with Gasteiger partial charge in [-0.3, -0.25) is 4.79 Å². The highest BCUT2D eigenvalue weighted by atomic mass is 28.3. The summed E-state index contributed by atoms with van der Waals surface area (Å²) >= 11 is 0. The lowest BCUT2D eigenvalue weighted by Gasteiger charge is -2.23. The van der Waals surface area contributed by atoms with E-state index in [1.165, 1.54) is 5.19 Å². The first-order valence-electron chi connectivity index (χ1n) is 8.02. The van der Waals surface area contributed by atoms with Crippen LogP contribution in [0.15, 0.2) is 72.8 Å².